The van der Waals surface area contributed by atoms with Crippen molar-refractivity contribution in [3.8, 4) is 0 Å². The molecule has 3 rings (SSSR count). The molecule has 0 aliphatic carbocycles. The molecule has 2 aromatic carbocycles. The molecule has 1 heterocycles. The maximum atomic E-state index is 5.94. The van der Waals surface area contributed by atoms with E-state index in [2.05, 4.69) is 75.9 Å². The van der Waals surface area contributed by atoms with Gasteiger partial charge >= 0.3 is 12.0 Å². The van der Waals surface area contributed by atoms with Crippen LogP contribution in [0.2, 0.25) is 0 Å². The topological polar surface area (TPSA) is 37.3 Å². The number of rotatable bonds is 6. The molecule has 5 heteroatoms. The lowest BCUT2D eigenvalue weighted by Gasteiger charge is -2.20. The molecule has 0 amide bonds. The lowest BCUT2D eigenvalue weighted by atomic mass is 10.1. The number of benzene rings is 2. The molecule has 1 aliphatic heterocycles. The fraction of sp³-hybridized carbons (Fsp3) is 0.375. The van der Waals surface area contributed by atoms with Crippen molar-refractivity contribution in [1.29, 1.82) is 0 Å². The second-order valence-corrected chi connectivity index (χ2v) is 7.26. The number of anilines is 1. The van der Waals surface area contributed by atoms with Crippen molar-refractivity contribution in [2.24, 2.45) is 4.99 Å². The van der Waals surface area contributed by atoms with Gasteiger partial charge in [0, 0.05) is 24.9 Å². The monoisotopic (exact) mass is 393 g/mol. The van der Waals surface area contributed by atoms with Gasteiger partial charge in [-0.05, 0) is 70.4 Å². The molecular weight excluding hydrogens is 362 g/mol. The highest BCUT2D eigenvalue weighted by atomic mass is 16.9. The van der Waals surface area contributed by atoms with Gasteiger partial charge in [-0.25, -0.2) is 0 Å². The zero-order valence-corrected chi connectivity index (χ0v) is 18.3. The molecule has 0 radical (unpaired) electrons. The first-order chi connectivity index (χ1) is 13.9. The predicted molar refractivity (Wildman–Crippen MR) is 120 cm³/mol. The molecule has 29 heavy (non-hydrogen) atoms. The SMILES string of the molecule is CCN1O/C(=C\c2ccc(N(CC)CC)cc2)OC1=Nc1c(C)cc(C)cc1C. The summed E-state index contributed by atoms with van der Waals surface area (Å²) >= 11 is 0. The highest BCUT2D eigenvalue weighted by molar-refractivity contribution is 5.80. The quantitative estimate of drug-likeness (QED) is 0.628. The second kappa shape index (κ2) is 9.03. The van der Waals surface area contributed by atoms with E-state index in [1.54, 1.807) is 5.06 Å². The minimum Gasteiger partial charge on any atom is -0.388 e. The number of aryl methyl sites for hydroxylation is 3. The van der Waals surface area contributed by atoms with E-state index < -0.39 is 0 Å². The van der Waals surface area contributed by atoms with Gasteiger partial charge in [-0.3, -0.25) is 0 Å². The summed E-state index contributed by atoms with van der Waals surface area (Å²) in [5, 5.41) is 1.68. The van der Waals surface area contributed by atoms with E-state index in [4.69, 9.17) is 14.6 Å². The van der Waals surface area contributed by atoms with Crippen LogP contribution < -0.4 is 4.90 Å². The van der Waals surface area contributed by atoms with Crippen LogP contribution in [-0.2, 0) is 9.57 Å². The van der Waals surface area contributed by atoms with Gasteiger partial charge < -0.3 is 14.5 Å². The Kier molecular flexibility index (Phi) is 6.47. The van der Waals surface area contributed by atoms with Crippen molar-refractivity contribution in [2.45, 2.75) is 41.5 Å². The molecule has 2 aromatic rings. The van der Waals surface area contributed by atoms with Crippen LogP contribution in [0.5, 0.6) is 0 Å². The summed E-state index contributed by atoms with van der Waals surface area (Å²) in [6.45, 7) is 15.2. The summed E-state index contributed by atoms with van der Waals surface area (Å²) in [6.07, 6.45) is 1.89. The largest absolute Gasteiger partial charge is 0.388 e. The summed E-state index contributed by atoms with van der Waals surface area (Å²) in [7, 11) is 0. The van der Waals surface area contributed by atoms with Crippen LogP contribution in [0.4, 0.5) is 11.4 Å². The molecule has 154 valence electrons. The fourth-order valence-electron chi connectivity index (χ4n) is 3.59. The average molecular weight is 394 g/mol. The van der Waals surface area contributed by atoms with Gasteiger partial charge in [-0.15, -0.1) is 0 Å². The summed E-state index contributed by atoms with van der Waals surface area (Å²) in [4.78, 5) is 12.9. The summed E-state index contributed by atoms with van der Waals surface area (Å²) in [6, 6.07) is 13.1. The van der Waals surface area contributed by atoms with E-state index in [0.29, 0.717) is 18.5 Å². The fourth-order valence-corrected chi connectivity index (χ4v) is 3.59. The lowest BCUT2D eigenvalue weighted by molar-refractivity contribution is -0.0342. The zero-order chi connectivity index (χ0) is 21.0. The van der Waals surface area contributed by atoms with Crippen molar-refractivity contribution in [3.63, 3.8) is 0 Å². The van der Waals surface area contributed by atoms with Gasteiger partial charge in [-0.2, -0.15) is 10.1 Å². The van der Waals surface area contributed by atoms with Gasteiger partial charge in [0.2, 0.25) is 0 Å². The van der Waals surface area contributed by atoms with Gasteiger partial charge in [0.25, 0.3) is 0 Å². The normalized spacial score (nSPS) is 16.3. The van der Waals surface area contributed by atoms with Crippen LogP contribution in [0.1, 0.15) is 43.0 Å². The molecule has 0 N–H and O–H groups in total. The zero-order valence-electron chi connectivity index (χ0n) is 18.3. The highest BCUT2D eigenvalue weighted by Gasteiger charge is 2.26. The van der Waals surface area contributed by atoms with Gasteiger partial charge in [0.1, 0.15) is 0 Å². The Balaban J connectivity index is 1.83. The third kappa shape index (κ3) is 4.73. The smallest absolute Gasteiger partial charge is 0.335 e. The molecule has 0 spiro atoms. The summed E-state index contributed by atoms with van der Waals surface area (Å²) < 4.78 is 5.94. The van der Waals surface area contributed by atoms with E-state index in [-0.39, 0.29) is 0 Å². The minimum atomic E-state index is 0.434. The van der Waals surface area contributed by atoms with Crippen LogP contribution in [0, 0.1) is 20.8 Å². The number of ether oxygens (including phenoxy) is 1. The third-order valence-electron chi connectivity index (χ3n) is 5.04. The Bertz CT molecular complexity index is 889. The molecule has 0 aromatic heterocycles. The Labute approximate surface area is 174 Å². The summed E-state index contributed by atoms with van der Waals surface area (Å²) in [5.74, 6) is 0.434. The second-order valence-electron chi connectivity index (χ2n) is 7.26. The Hall–Kier alpha value is -2.95. The standard InChI is InChI=1S/C24H31N3O2/c1-7-26(8-2)21-12-10-20(11-13-21)16-22-28-24(27(9-3)29-22)25-23-18(5)14-17(4)15-19(23)6/h10-16H,7-9H2,1-6H3/b22-16-,25-24?. The van der Waals surface area contributed by atoms with Gasteiger partial charge in [0.05, 0.1) is 12.2 Å². The van der Waals surface area contributed by atoms with Crippen molar-refractivity contribution < 1.29 is 9.57 Å². The molecule has 1 fully saturated rings. The molecule has 1 aliphatic rings. The van der Waals surface area contributed by atoms with E-state index in [0.717, 1.165) is 35.5 Å². The highest BCUT2D eigenvalue weighted by Crippen LogP contribution is 2.28. The van der Waals surface area contributed by atoms with Gasteiger partial charge in [-0.1, -0.05) is 29.8 Å². The first-order valence-corrected chi connectivity index (χ1v) is 10.3. The molecule has 0 unspecified atom stereocenters. The molecule has 5 nitrogen and oxygen atoms in total. The summed E-state index contributed by atoms with van der Waals surface area (Å²) in [5.41, 5.74) is 6.65. The Morgan fingerprint density at radius 2 is 1.59 bits per heavy atom. The number of hydrogen-bond acceptors (Lipinski definition) is 4. The number of nitrogens with zero attached hydrogens (tertiary/aromatic N) is 3. The Morgan fingerprint density at radius 3 is 2.14 bits per heavy atom. The van der Waals surface area contributed by atoms with Crippen LogP contribution in [-0.4, -0.2) is 30.7 Å². The molecule has 0 atom stereocenters. The number of hydrogen-bond donors (Lipinski definition) is 0. The van der Waals surface area contributed by atoms with Crippen LogP contribution in [0.3, 0.4) is 0 Å². The lowest BCUT2D eigenvalue weighted by Crippen LogP contribution is -2.23. The van der Waals surface area contributed by atoms with E-state index >= 15 is 0 Å². The predicted octanol–water partition coefficient (Wildman–Crippen LogP) is 5.73. The maximum Gasteiger partial charge on any atom is 0.335 e. The Morgan fingerprint density at radius 1 is 0.966 bits per heavy atom. The van der Waals surface area contributed by atoms with Crippen LogP contribution in [0.15, 0.2) is 47.3 Å². The van der Waals surface area contributed by atoms with E-state index in [1.165, 1.54) is 11.3 Å². The number of hydroxylamine groups is 2. The minimum absolute atomic E-state index is 0.434. The maximum absolute atomic E-state index is 5.94. The number of amidine groups is 1. The number of aliphatic imine (C=N–C) groups is 1. The van der Waals surface area contributed by atoms with Crippen molar-refractivity contribution in [3.05, 3.63) is 64.6 Å². The average Bonchev–Trinajstić information content (AvgIpc) is 3.08. The van der Waals surface area contributed by atoms with E-state index in [9.17, 15) is 0 Å². The molecule has 0 bridgehead atoms. The van der Waals surface area contributed by atoms with Crippen LogP contribution in [0.25, 0.3) is 6.08 Å². The molecular formula is C24H31N3O2. The third-order valence-corrected chi connectivity index (χ3v) is 5.04. The van der Waals surface area contributed by atoms with Crippen LogP contribution >= 0.6 is 0 Å². The van der Waals surface area contributed by atoms with Gasteiger partial charge in [0.15, 0.2) is 0 Å². The first-order valence-electron chi connectivity index (χ1n) is 10.3. The van der Waals surface area contributed by atoms with Crippen molar-refractivity contribution in [1.82, 2.24) is 5.06 Å². The first kappa shape index (κ1) is 20.8. The van der Waals surface area contributed by atoms with Crippen molar-refractivity contribution >= 4 is 23.5 Å². The molecule has 0 saturated carbocycles. The van der Waals surface area contributed by atoms with E-state index in [1.807, 2.05) is 13.0 Å². The molecule has 1 saturated heterocycles. The van der Waals surface area contributed by atoms with Crippen molar-refractivity contribution in [2.75, 3.05) is 24.5 Å².